The molecule has 28 heavy (non-hydrogen) atoms. The molecule has 2 amide bonds. The second-order valence-electron chi connectivity index (χ2n) is 6.59. The van der Waals surface area contributed by atoms with Crippen molar-refractivity contribution in [3.63, 3.8) is 0 Å². The summed E-state index contributed by atoms with van der Waals surface area (Å²) in [6.45, 7) is 3.16. The van der Waals surface area contributed by atoms with Gasteiger partial charge in [0, 0.05) is 55.4 Å². The van der Waals surface area contributed by atoms with Crippen LogP contribution in [-0.4, -0.2) is 56.5 Å². The number of piperazine rings is 1. The van der Waals surface area contributed by atoms with Gasteiger partial charge in [-0.1, -0.05) is 23.7 Å². The quantitative estimate of drug-likeness (QED) is 0.808. The molecule has 2 aromatic rings. The van der Waals surface area contributed by atoms with E-state index in [1.807, 2.05) is 29.2 Å². The molecule has 1 heterocycles. The number of anilines is 1. The summed E-state index contributed by atoms with van der Waals surface area (Å²) in [5, 5.41) is 3.50. The largest absolute Gasteiger partial charge is 0.497 e. The minimum atomic E-state index is -0.211. The van der Waals surface area contributed by atoms with Crippen molar-refractivity contribution in [1.29, 1.82) is 0 Å². The highest BCUT2D eigenvalue weighted by atomic mass is 35.5. The first-order chi connectivity index (χ1) is 13.6. The topological polar surface area (TPSA) is 61.9 Å². The number of rotatable bonds is 6. The van der Waals surface area contributed by atoms with Gasteiger partial charge in [-0.25, -0.2) is 0 Å². The van der Waals surface area contributed by atoms with Gasteiger partial charge in [-0.3, -0.25) is 9.59 Å². The average molecular weight is 402 g/mol. The Morgan fingerprint density at radius 2 is 1.82 bits per heavy atom. The Morgan fingerprint density at radius 1 is 1.07 bits per heavy atom. The Morgan fingerprint density at radius 3 is 2.54 bits per heavy atom. The van der Waals surface area contributed by atoms with Gasteiger partial charge >= 0.3 is 0 Å². The number of hydrogen-bond donors (Lipinski definition) is 1. The summed E-state index contributed by atoms with van der Waals surface area (Å²) >= 11 is 6.05. The zero-order chi connectivity index (χ0) is 19.9. The lowest BCUT2D eigenvalue weighted by Gasteiger charge is -2.36. The van der Waals surface area contributed by atoms with E-state index in [1.54, 1.807) is 31.4 Å². The van der Waals surface area contributed by atoms with Crippen LogP contribution in [0.15, 0.2) is 48.5 Å². The summed E-state index contributed by atoms with van der Waals surface area (Å²) in [6, 6.07) is 14.7. The first kappa shape index (κ1) is 20.0. The molecular formula is C21H24ClN3O3. The Hall–Kier alpha value is -2.73. The van der Waals surface area contributed by atoms with Gasteiger partial charge in [0.1, 0.15) is 5.75 Å². The van der Waals surface area contributed by atoms with Crippen LogP contribution in [0.1, 0.15) is 16.8 Å². The summed E-state index contributed by atoms with van der Waals surface area (Å²) < 4.78 is 5.12. The van der Waals surface area contributed by atoms with Crippen molar-refractivity contribution in [2.45, 2.75) is 6.42 Å². The van der Waals surface area contributed by atoms with Gasteiger partial charge in [0.2, 0.25) is 5.91 Å². The fourth-order valence-corrected chi connectivity index (χ4v) is 3.38. The number of methoxy groups -OCH3 is 1. The van der Waals surface area contributed by atoms with Gasteiger partial charge < -0.3 is 19.9 Å². The molecule has 7 heteroatoms. The molecule has 0 spiro atoms. The number of nitrogens with zero attached hydrogens (tertiary/aromatic N) is 2. The SMILES string of the molecule is COc1cccc(C(=O)NCCC(=O)N2CCN(c3cccc(Cl)c3)CC2)c1. The summed E-state index contributed by atoms with van der Waals surface area (Å²) in [6.07, 6.45) is 0.285. The standard InChI is InChI=1S/C21H24ClN3O3/c1-28-19-7-2-4-16(14-19)21(27)23-9-8-20(26)25-12-10-24(11-13-25)18-6-3-5-17(22)15-18/h2-7,14-15H,8-13H2,1H3,(H,23,27). The molecule has 0 aliphatic carbocycles. The van der Waals surface area contributed by atoms with E-state index in [0.717, 1.165) is 18.8 Å². The molecule has 1 saturated heterocycles. The highest BCUT2D eigenvalue weighted by Gasteiger charge is 2.21. The third kappa shape index (κ3) is 5.16. The summed E-state index contributed by atoms with van der Waals surface area (Å²) in [5.74, 6) is 0.468. The second kappa shape index (κ2) is 9.46. The van der Waals surface area contributed by atoms with E-state index in [-0.39, 0.29) is 18.2 Å². The number of amides is 2. The highest BCUT2D eigenvalue weighted by molar-refractivity contribution is 6.30. The van der Waals surface area contributed by atoms with E-state index in [9.17, 15) is 9.59 Å². The van der Waals surface area contributed by atoms with Crippen LogP contribution in [0, 0.1) is 0 Å². The number of nitrogens with one attached hydrogen (secondary N) is 1. The molecule has 1 aliphatic rings. The maximum Gasteiger partial charge on any atom is 0.251 e. The van der Waals surface area contributed by atoms with Crippen LogP contribution in [-0.2, 0) is 4.79 Å². The van der Waals surface area contributed by atoms with Gasteiger partial charge in [-0.2, -0.15) is 0 Å². The van der Waals surface area contributed by atoms with Crippen molar-refractivity contribution in [2.24, 2.45) is 0 Å². The van der Waals surface area contributed by atoms with E-state index < -0.39 is 0 Å². The van der Waals surface area contributed by atoms with Crippen molar-refractivity contribution in [3.8, 4) is 5.75 Å². The van der Waals surface area contributed by atoms with E-state index in [0.29, 0.717) is 36.0 Å². The number of carbonyl (C=O) groups is 2. The van der Waals surface area contributed by atoms with Crippen LogP contribution in [0.3, 0.4) is 0 Å². The van der Waals surface area contributed by atoms with Crippen molar-refractivity contribution >= 4 is 29.1 Å². The predicted molar refractivity (Wildman–Crippen MR) is 110 cm³/mol. The van der Waals surface area contributed by atoms with Crippen molar-refractivity contribution in [1.82, 2.24) is 10.2 Å². The molecule has 1 fully saturated rings. The summed E-state index contributed by atoms with van der Waals surface area (Å²) in [7, 11) is 1.56. The normalized spacial score (nSPS) is 13.9. The van der Waals surface area contributed by atoms with Crippen LogP contribution in [0.5, 0.6) is 5.75 Å². The third-order valence-electron chi connectivity index (χ3n) is 4.76. The smallest absolute Gasteiger partial charge is 0.251 e. The number of halogens is 1. The number of ether oxygens (including phenoxy) is 1. The average Bonchev–Trinajstić information content (AvgIpc) is 2.73. The molecule has 0 bridgehead atoms. The molecule has 3 rings (SSSR count). The van der Waals surface area contributed by atoms with Gasteiger partial charge in [0.05, 0.1) is 7.11 Å². The maximum atomic E-state index is 12.4. The van der Waals surface area contributed by atoms with Crippen LogP contribution in [0.4, 0.5) is 5.69 Å². The minimum Gasteiger partial charge on any atom is -0.497 e. The van der Waals surface area contributed by atoms with Crippen molar-refractivity contribution in [2.75, 3.05) is 44.7 Å². The molecule has 0 saturated carbocycles. The lowest BCUT2D eigenvalue weighted by atomic mass is 10.2. The van der Waals surface area contributed by atoms with E-state index in [2.05, 4.69) is 10.2 Å². The van der Waals surface area contributed by atoms with Crippen LogP contribution in [0.25, 0.3) is 0 Å². The maximum absolute atomic E-state index is 12.4. The number of benzene rings is 2. The third-order valence-corrected chi connectivity index (χ3v) is 5.00. The molecule has 1 N–H and O–H groups in total. The fourth-order valence-electron chi connectivity index (χ4n) is 3.19. The number of carbonyl (C=O) groups excluding carboxylic acids is 2. The molecule has 2 aromatic carbocycles. The molecule has 148 valence electrons. The molecule has 0 atom stereocenters. The second-order valence-corrected chi connectivity index (χ2v) is 7.02. The predicted octanol–water partition coefficient (Wildman–Crippen LogP) is 2.82. The summed E-state index contributed by atoms with van der Waals surface area (Å²) in [4.78, 5) is 28.7. The Bertz CT molecular complexity index is 835. The molecule has 1 aliphatic heterocycles. The summed E-state index contributed by atoms with van der Waals surface area (Å²) in [5.41, 5.74) is 1.59. The van der Waals surface area contributed by atoms with Crippen molar-refractivity contribution in [3.05, 3.63) is 59.1 Å². The first-order valence-corrected chi connectivity index (χ1v) is 9.65. The Kier molecular flexibility index (Phi) is 6.76. The van der Waals surface area contributed by atoms with Gasteiger partial charge in [0.25, 0.3) is 5.91 Å². The van der Waals surface area contributed by atoms with Crippen LogP contribution >= 0.6 is 11.6 Å². The lowest BCUT2D eigenvalue weighted by Crippen LogP contribution is -2.49. The van der Waals surface area contributed by atoms with Crippen LogP contribution < -0.4 is 15.0 Å². The fraction of sp³-hybridized carbons (Fsp3) is 0.333. The molecule has 0 unspecified atom stereocenters. The van der Waals surface area contributed by atoms with Crippen molar-refractivity contribution < 1.29 is 14.3 Å². The van der Waals surface area contributed by atoms with Crippen LogP contribution in [0.2, 0.25) is 5.02 Å². The molecule has 0 aromatic heterocycles. The van der Waals surface area contributed by atoms with E-state index in [4.69, 9.17) is 16.3 Å². The van der Waals surface area contributed by atoms with Gasteiger partial charge in [0.15, 0.2) is 0 Å². The minimum absolute atomic E-state index is 0.0525. The first-order valence-electron chi connectivity index (χ1n) is 9.27. The zero-order valence-corrected chi connectivity index (χ0v) is 16.6. The Labute approximate surface area is 170 Å². The molecule has 6 nitrogen and oxygen atoms in total. The number of hydrogen-bond acceptors (Lipinski definition) is 4. The zero-order valence-electron chi connectivity index (χ0n) is 15.9. The molecule has 0 radical (unpaired) electrons. The highest BCUT2D eigenvalue weighted by Crippen LogP contribution is 2.21. The monoisotopic (exact) mass is 401 g/mol. The van der Waals surface area contributed by atoms with Gasteiger partial charge in [-0.15, -0.1) is 0 Å². The van der Waals surface area contributed by atoms with E-state index in [1.165, 1.54) is 0 Å². The van der Waals surface area contributed by atoms with E-state index >= 15 is 0 Å². The lowest BCUT2D eigenvalue weighted by molar-refractivity contribution is -0.131. The molecular weight excluding hydrogens is 378 g/mol. The van der Waals surface area contributed by atoms with Gasteiger partial charge in [-0.05, 0) is 36.4 Å². The Balaban J connectivity index is 1.42.